The molecule has 4 N–H and O–H groups in total. The zero-order chi connectivity index (χ0) is 15.2. The van der Waals surface area contributed by atoms with Gasteiger partial charge >= 0.3 is 6.03 Å². The molecule has 0 aliphatic rings. The van der Waals surface area contributed by atoms with E-state index < -0.39 is 0 Å². The lowest BCUT2D eigenvalue weighted by molar-refractivity contribution is 0.189. The van der Waals surface area contributed by atoms with Crippen LogP contribution >= 0.6 is 0 Å². The summed E-state index contributed by atoms with van der Waals surface area (Å²) in [5, 5.41) is 12.8. The summed E-state index contributed by atoms with van der Waals surface area (Å²) in [4.78, 5) is 21.7. The third kappa shape index (κ3) is 3.91. The number of H-pyrrole nitrogens is 1. The average Bonchev–Trinajstić information content (AvgIpc) is 3.10. The summed E-state index contributed by atoms with van der Waals surface area (Å²) in [6.07, 6.45) is 0.689. The molecule has 0 saturated carbocycles. The van der Waals surface area contributed by atoms with Crippen LogP contribution in [-0.2, 0) is 19.5 Å². The van der Waals surface area contributed by atoms with Gasteiger partial charge < -0.3 is 20.5 Å². The van der Waals surface area contributed by atoms with Crippen LogP contribution < -0.4 is 11.1 Å². The number of nitrogen functional groups attached to an aromatic ring is 1. The van der Waals surface area contributed by atoms with Crippen LogP contribution in [0.25, 0.3) is 0 Å². The summed E-state index contributed by atoms with van der Waals surface area (Å²) in [6, 6.07) is -0.260. The molecule has 0 unspecified atom stereocenters. The predicted octanol–water partition coefficient (Wildman–Crippen LogP) is 0.0640. The fourth-order valence-corrected chi connectivity index (χ4v) is 1.65. The fourth-order valence-electron chi connectivity index (χ4n) is 1.65. The topological polar surface area (TPSA) is 139 Å². The first-order valence-electron chi connectivity index (χ1n) is 6.63. The first-order valence-corrected chi connectivity index (χ1v) is 6.63. The highest BCUT2D eigenvalue weighted by Crippen LogP contribution is 2.04. The highest BCUT2D eigenvalue weighted by atomic mass is 16.5. The van der Waals surface area contributed by atoms with Gasteiger partial charge in [-0.1, -0.05) is 12.1 Å². The van der Waals surface area contributed by atoms with Crippen molar-refractivity contribution in [2.75, 3.05) is 12.3 Å². The van der Waals surface area contributed by atoms with Crippen LogP contribution in [0.3, 0.4) is 0 Å². The molecule has 10 heteroatoms. The Balaban J connectivity index is 1.88. The zero-order valence-corrected chi connectivity index (χ0v) is 12.0. The molecule has 2 aromatic rings. The van der Waals surface area contributed by atoms with E-state index in [0.29, 0.717) is 30.5 Å². The van der Waals surface area contributed by atoms with Crippen molar-refractivity contribution >= 4 is 12.0 Å². The van der Waals surface area contributed by atoms with Crippen molar-refractivity contribution in [1.29, 1.82) is 0 Å². The number of amides is 2. The molecule has 114 valence electrons. The Morgan fingerprint density at radius 2 is 2.24 bits per heavy atom. The molecule has 21 heavy (non-hydrogen) atoms. The SMILES string of the molecule is CCc1noc(CN(CC)C(=O)NCc2nc(N)n[nH]2)n1. The monoisotopic (exact) mass is 294 g/mol. The van der Waals surface area contributed by atoms with Gasteiger partial charge in [-0.3, -0.25) is 5.10 Å². The number of anilines is 1. The Kier molecular flexibility index (Phi) is 4.69. The van der Waals surface area contributed by atoms with Crippen molar-refractivity contribution in [2.24, 2.45) is 0 Å². The van der Waals surface area contributed by atoms with Gasteiger partial charge in [0.05, 0.1) is 6.54 Å². The molecule has 2 rings (SSSR count). The number of hydrogen-bond donors (Lipinski definition) is 3. The molecule has 0 aliphatic heterocycles. The quantitative estimate of drug-likeness (QED) is 0.684. The lowest BCUT2D eigenvalue weighted by atomic mass is 10.4. The molecule has 2 aromatic heterocycles. The Hall–Kier alpha value is -2.65. The van der Waals surface area contributed by atoms with Crippen molar-refractivity contribution in [3.8, 4) is 0 Å². The van der Waals surface area contributed by atoms with Crippen LogP contribution in [0.15, 0.2) is 4.52 Å². The van der Waals surface area contributed by atoms with Gasteiger partial charge in [-0.05, 0) is 6.92 Å². The molecule has 0 radical (unpaired) electrons. The minimum atomic E-state index is -0.260. The zero-order valence-electron chi connectivity index (χ0n) is 12.0. The van der Waals surface area contributed by atoms with E-state index in [1.807, 2.05) is 13.8 Å². The minimum absolute atomic E-state index is 0.143. The van der Waals surface area contributed by atoms with E-state index >= 15 is 0 Å². The molecule has 0 atom stereocenters. The van der Waals surface area contributed by atoms with E-state index in [2.05, 4.69) is 30.6 Å². The standard InChI is InChI=1S/C11H18N8O2/c1-3-7-14-9(21-18-7)6-19(4-2)11(20)13-5-8-15-10(12)17-16-8/h3-6H2,1-2H3,(H,13,20)(H3,12,15,16,17). The van der Waals surface area contributed by atoms with E-state index in [1.54, 1.807) is 4.90 Å². The largest absolute Gasteiger partial charge is 0.367 e. The van der Waals surface area contributed by atoms with Gasteiger partial charge in [0.2, 0.25) is 11.8 Å². The van der Waals surface area contributed by atoms with Crippen LogP contribution in [0.4, 0.5) is 10.7 Å². The number of aryl methyl sites for hydroxylation is 1. The number of aromatic amines is 1. The number of hydrogen-bond acceptors (Lipinski definition) is 7. The second kappa shape index (κ2) is 6.68. The van der Waals surface area contributed by atoms with Gasteiger partial charge in [-0.2, -0.15) is 9.97 Å². The Labute approximate surface area is 121 Å². The Bertz CT molecular complexity index is 593. The number of carbonyl (C=O) groups is 1. The number of aromatic nitrogens is 5. The smallest absolute Gasteiger partial charge is 0.318 e. The van der Waals surface area contributed by atoms with E-state index in [-0.39, 0.29) is 25.1 Å². The van der Waals surface area contributed by atoms with E-state index in [1.165, 1.54) is 0 Å². The van der Waals surface area contributed by atoms with Crippen molar-refractivity contribution < 1.29 is 9.32 Å². The molecule has 10 nitrogen and oxygen atoms in total. The first kappa shape index (κ1) is 14.8. The van der Waals surface area contributed by atoms with Crippen molar-refractivity contribution in [3.05, 3.63) is 17.5 Å². The highest BCUT2D eigenvalue weighted by Gasteiger charge is 2.16. The Morgan fingerprint density at radius 3 is 2.81 bits per heavy atom. The van der Waals surface area contributed by atoms with Crippen LogP contribution in [0.5, 0.6) is 0 Å². The number of nitrogens with two attached hydrogens (primary N) is 1. The molecular formula is C11H18N8O2. The van der Waals surface area contributed by atoms with Gasteiger partial charge in [0.1, 0.15) is 12.4 Å². The molecular weight excluding hydrogens is 276 g/mol. The molecule has 0 aromatic carbocycles. The minimum Gasteiger partial charge on any atom is -0.367 e. The van der Waals surface area contributed by atoms with Crippen molar-refractivity contribution in [1.82, 2.24) is 35.5 Å². The van der Waals surface area contributed by atoms with Crippen LogP contribution in [-0.4, -0.2) is 42.8 Å². The summed E-state index contributed by atoms with van der Waals surface area (Å²) in [6.45, 7) is 4.77. The highest BCUT2D eigenvalue weighted by molar-refractivity contribution is 5.73. The summed E-state index contributed by atoms with van der Waals surface area (Å²) in [7, 11) is 0. The third-order valence-electron chi connectivity index (χ3n) is 2.78. The lowest BCUT2D eigenvalue weighted by Crippen LogP contribution is -2.39. The summed E-state index contributed by atoms with van der Waals surface area (Å²) >= 11 is 0. The van der Waals surface area contributed by atoms with E-state index in [4.69, 9.17) is 10.3 Å². The molecule has 2 heterocycles. The average molecular weight is 294 g/mol. The number of nitrogens with one attached hydrogen (secondary N) is 2. The second-order valence-electron chi connectivity index (χ2n) is 4.27. The number of urea groups is 1. The first-order chi connectivity index (χ1) is 10.1. The van der Waals surface area contributed by atoms with Gasteiger partial charge in [-0.25, -0.2) is 4.79 Å². The van der Waals surface area contributed by atoms with E-state index in [0.717, 1.165) is 0 Å². The van der Waals surface area contributed by atoms with E-state index in [9.17, 15) is 4.79 Å². The summed E-state index contributed by atoms with van der Waals surface area (Å²) in [5.41, 5.74) is 5.38. The number of rotatable bonds is 6. The maximum Gasteiger partial charge on any atom is 0.318 e. The molecule has 0 fully saturated rings. The molecule has 0 aliphatic carbocycles. The third-order valence-corrected chi connectivity index (χ3v) is 2.78. The van der Waals surface area contributed by atoms with Crippen LogP contribution in [0.1, 0.15) is 31.4 Å². The maximum absolute atomic E-state index is 12.1. The van der Waals surface area contributed by atoms with Gasteiger partial charge in [-0.15, -0.1) is 5.10 Å². The van der Waals surface area contributed by atoms with Crippen LogP contribution in [0, 0.1) is 0 Å². The van der Waals surface area contributed by atoms with Crippen molar-refractivity contribution in [2.45, 2.75) is 33.4 Å². The summed E-state index contributed by atoms with van der Waals surface area (Å²) < 4.78 is 5.08. The molecule has 2 amide bonds. The number of carbonyl (C=O) groups excluding carboxylic acids is 1. The molecule has 0 saturated heterocycles. The second-order valence-corrected chi connectivity index (χ2v) is 4.27. The summed E-state index contributed by atoms with van der Waals surface area (Å²) in [5.74, 6) is 1.67. The van der Waals surface area contributed by atoms with Gasteiger partial charge in [0.15, 0.2) is 5.82 Å². The predicted molar refractivity (Wildman–Crippen MR) is 72.8 cm³/mol. The van der Waals surface area contributed by atoms with Crippen molar-refractivity contribution in [3.63, 3.8) is 0 Å². The van der Waals surface area contributed by atoms with Gasteiger partial charge in [0.25, 0.3) is 0 Å². The molecule has 0 spiro atoms. The lowest BCUT2D eigenvalue weighted by Gasteiger charge is -2.18. The van der Waals surface area contributed by atoms with Crippen LogP contribution in [0.2, 0.25) is 0 Å². The van der Waals surface area contributed by atoms with Gasteiger partial charge in [0, 0.05) is 13.0 Å². The number of nitrogens with zero attached hydrogens (tertiary/aromatic N) is 5. The Morgan fingerprint density at radius 1 is 1.43 bits per heavy atom. The normalized spacial score (nSPS) is 10.6. The molecule has 0 bridgehead atoms. The maximum atomic E-state index is 12.1. The fraction of sp³-hybridized carbons (Fsp3) is 0.545.